The van der Waals surface area contributed by atoms with Crippen molar-refractivity contribution in [1.29, 1.82) is 0 Å². The maximum absolute atomic E-state index is 13.4. The summed E-state index contributed by atoms with van der Waals surface area (Å²) < 4.78 is 13.8. The number of aromatic nitrogens is 1. The van der Waals surface area contributed by atoms with Crippen LogP contribution in [0.4, 0.5) is 5.69 Å². The molecule has 3 aromatic rings. The van der Waals surface area contributed by atoms with Crippen LogP contribution in [0.2, 0.25) is 0 Å². The molecule has 0 aliphatic heterocycles. The van der Waals surface area contributed by atoms with Gasteiger partial charge < -0.3 is 24.5 Å². The van der Waals surface area contributed by atoms with Crippen molar-refractivity contribution < 1.29 is 19.4 Å². The molecule has 40 heavy (non-hydrogen) atoms. The zero-order chi connectivity index (χ0) is 29.3. The lowest BCUT2D eigenvalue weighted by Gasteiger charge is -2.34. The summed E-state index contributed by atoms with van der Waals surface area (Å²) >= 11 is 0. The Morgan fingerprint density at radius 3 is 2.10 bits per heavy atom. The van der Waals surface area contributed by atoms with E-state index in [9.17, 15) is 9.90 Å². The molecule has 0 fully saturated rings. The highest BCUT2D eigenvalue weighted by molar-refractivity contribution is 6.03. The third-order valence-electron chi connectivity index (χ3n) is 8.52. The number of hydrogen-bond acceptors (Lipinski definition) is 4. The minimum absolute atomic E-state index is 0.127. The third-order valence-corrected chi connectivity index (χ3v) is 8.52. The fourth-order valence-electron chi connectivity index (χ4n) is 5.65. The molecule has 1 heterocycles. The number of aliphatic hydroxyl groups is 1. The van der Waals surface area contributed by atoms with E-state index in [4.69, 9.17) is 9.47 Å². The van der Waals surface area contributed by atoms with Crippen molar-refractivity contribution in [3.63, 3.8) is 0 Å². The molecule has 2 aromatic carbocycles. The minimum Gasteiger partial charge on any atom is -0.494 e. The Hall–Kier alpha value is -3.25. The molecule has 0 unspecified atom stereocenters. The number of benzene rings is 2. The maximum Gasteiger partial charge on any atom is 0.272 e. The second kappa shape index (κ2) is 13.9. The monoisotopic (exact) mass is 548 g/mol. The number of nitrogens with one attached hydrogen (secondary N) is 1. The van der Waals surface area contributed by atoms with Crippen LogP contribution in [0.5, 0.6) is 11.5 Å². The third kappa shape index (κ3) is 6.72. The molecule has 1 amide bonds. The summed E-state index contributed by atoms with van der Waals surface area (Å²) in [5.74, 6) is 1.50. The topological polar surface area (TPSA) is 72.7 Å². The summed E-state index contributed by atoms with van der Waals surface area (Å²) in [6.07, 6.45) is 3.84. The second-order valence-electron chi connectivity index (χ2n) is 10.6. The molecule has 0 aliphatic rings. The van der Waals surface area contributed by atoms with Crippen LogP contribution in [0.15, 0.2) is 54.6 Å². The summed E-state index contributed by atoms with van der Waals surface area (Å²) in [6, 6.07) is 18.0. The molecule has 0 spiro atoms. The predicted octanol–water partition coefficient (Wildman–Crippen LogP) is 7.89. The molecule has 218 valence electrons. The number of anilines is 1. The first-order valence-corrected chi connectivity index (χ1v) is 14.9. The maximum atomic E-state index is 13.4. The average Bonchev–Trinajstić information content (AvgIpc) is 3.41. The van der Waals surface area contributed by atoms with Gasteiger partial charge in [-0.1, -0.05) is 39.8 Å². The van der Waals surface area contributed by atoms with Gasteiger partial charge in [-0.3, -0.25) is 4.79 Å². The quantitative estimate of drug-likeness (QED) is 0.203. The minimum atomic E-state index is -0.671. The van der Waals surface area contributed by atoms with E-state index in [0.717, 1.165) is 54.1 Å². The van der Waals surface area contributed by atoms with Crippen molar-refractivity contribution in [3.8, 4) is 11.5 Å². The number of rotatable bonds is 15. The van der Waals surface area contributed by atoms with Crippen LogP contribution in [-0.4, -0.2) is 34.4 Å². The second-order valence-corrected chi connectivity index (χ2v) is 10.6. The lowest BCUT2D eigenvalue weighted by molar-refractivity contribution is 0.0116. The van der Waals surface area contributed by atoms with Gasteiger partial charge in [-0.05, 0) is 100 Å². The molecule has 0 saturated heterocycles. The van der Waals surface area contributed by atoms with Crippen LogP contribution in [-0.2, 0) is 12.0 Å². The summed E-state index contributed by atoms with van der Waals surface area (Å²) in [7, 11) is 0. The van der Waals surface area contributed by atoms with Crippen molar-refractivity contribution in [3.05, 3.63) is 77.1 Å². The number of amides is 1. The molecule has 3 rings (SSSR count). The smallest absolute Gasteiger partial charge is 0.272 e. The first kappa shape index (κ1) is 31.3. The fraction of sp³-hybridized carbons (Fsp3) is 0.500. The SMILES string of the molecule is CCOc1ccc(NC(=O)c2ccc(C(CC)(CC)c3ccc(OCCC(O)(CC)CC)c(C)c3)n2CC)cc1. The molecule has 2 N–H and O–H groups in total. The zero-order valence-electron chi connectivity index (χ0n) is 25.5. The molecule has 0 atom stereocenters. The molecule has 0 aliphatic carbocycles. The van der Waals surface area contributed by atoms with Crippen LogP contribution in [0, 0.1) is 6.92 Å². The largest absolute Gasteiger partial charge is 0.494 e. The average molecular weight is 549 g/mol. The van der Waals surface area contributed by atoms with Gasteiger partial charge in [0.25, 0.3) is 5.91 Å². The van der Waals surface area contributed by atoms with Gasteiger partial charge in [0.1, 0.15) is 17.2 Å². The Morgan fingerprint density at radius 1 is 0.875 bits per heavy atom. The van der Waals surface area contributed by atoms with Crippen molar-refractivity contribution in [1.82, 2.24) is 4.57 Å². The van der Waals surface area contributed by atoms with Gasteiger partial charge in [0.2, 0.25) is 0 Å². The first-order chi connectivity index (χ1) is 19.2. The van der Waals surface area contributed by atoms with Gasteiger partial charge in [-0.25, -0.2) is 0 Å². The van der Waals surface area contributed by atoms with Gasteiger partial charge >= 0.3 is 0 Å². The lowest BCUT2D eigenvalue weighted by Crippen LogP contribution is -2.31. The van der Waals surface area contributed by atoms with Crippen LogP contribution < -0.4 is 14.8 Å². The zero-order valence-corrected chi connectivity index (χ0v) is 25.5. The number of hydrogen-bond donors (Lipinski definition) is 2. The molecular formula is C34H48N2O4. The van der Waals surface area contributed by atoms with E-state index in [2.05, 4.69) is 61.8 Å². The Bertz CT molecular complexity index is 1240. The molecule has 0 bridgehead atoms. The standard InChI is InChI=1S/C34H48N2O4/c1-8-33(38,9-2)22-23-40-30-20-14-26(24-25(30)7)34(10-3,11-4)31-21-19-29(36(31)12-5)32(37)35-27-15-17-28(18-16-27)39-13-6/h14-21,24,38H,8-13,22-23H2,1-7H3,(H,35,37). The molecule has 1 aromatic heterocycles. The fourth-order valence-corrected chi connectivity index (χ4v) is 5.65. The van der Waals surface area contributed by atoms with E-state index in [1.807, 2.05) is 51.1 Å². The normalized spacial score (nSPS) is 11.9. The molecule has 6 nitrogen and oxygen atoms in total. The summed E-state index contributed by atoms with van der Waals surface area (Å²) in [6.45, 7) is 16.3. The van der Waals surface area contributed by atoms with Crippen LogP contribution in [0.25, 0.3) is 0 Å². The van der Waals surface area contributed by atoms with Gasteiger partial charge in [0, 0.05) is 29.8 Å². The van der Waals surface area contributed by atoms with Crippen molar-refractivity contribution in [2.24, 2.45) is 0 Å². The van der Waals surface area contributed by atoms with Crippen LogP contribution >= 0.6 is 0 Å². The highest BCUT2D eigenvalue weighted by Crippen LogP contribution is 2.41. The molecular weight excluding hydrogens is 500 g/mol. The van der Waals surface area contributed by atoms with Gasteiger partial charge in [0.05, 0.1) is 18.8 Å². The molecule has 6 heteroatoms. The Kier molecular flexibility index (Phi) is 10.9. The molecule has 0 radical (unpaired) electrons. The Balaban J connectivity index is 1.87. The van der Waals surface area contributed by atoms with E-state index < -0.39 is 5.60 Å². The number of nitrogens with zero attached hydrogens (tertiary/aromatic N) is 1. The van der Waals surface area contributed by atoms with Crippen LogP contribution in [0.1, 0.15) is 101 Å². The highest BCUT2D eigenvalue weighted by atomic mass is 16.5. The van der Waals surface area contributed by atoms with E-state index in [1.54, 1.807) is 0 Å². The predicted molar refractivity (Wildman–Crippen MR) is 164 cm³/mol. The lowest BCUT2D eigenvalue weighted by atomic mass is 9.72. The van der Waals surface area contributed by atoms with Gasteiger partial charge in [0.15, 0.2) is 0 Å². The van der Waals surface area contributed by atoms with E-state index in [-0.39, 0.29) is 11.3 Å². The number of carbonyl (C=O) groups is 1. The Morgan fingerprint density at radius 2 is 1.55 bits per heavy atom. The summed E-state index contributed by atoms with van der Waals surface area (Å²) in [5.41, 5.74) is 3.89. The first-order valence-electron chi connectivity index (χ1n) is 14.9. The van der Waals surface area contributed by atoms with Crippen molar-refractivity contribution >= 4 is 11.6 Å². The number of ether oxygens (including phenoxy) is 2. The van der Waals surface area contributed by atoms with Gasteiger partial charge in [-0.2, -0.15) is 0 Å². The van der Waals surface area contributed by atoms with E-state index in [0.29, 0.717) is 31.9 Å². The summed E-state index contributed by atoms with van der Waals surface area (Å²) in [4.78, 5) is 13.4. The highest BCUT2D eigenvalue weighted by Gasteiger charge is 2.35. The van der Waals surface area contributed by atoms with E-state index in [1.165, 1.54) is 5.56 Å². The van der Waals surface area contributed by atoms with Crippen molar-refractivity contribution in [2.45, 2.75) is 98.1 Å². The molecule has 0 saturated carbocycles. The Labute approximate surface area is 240 Å². The van der Waals surface area contributed by atoms with Gasteiger partial charge in [-0.15, -0.1) is 0 Å². The number of carbonyl (C=O) groups excluding carboxylic acids is 1. The van der Waals surface area contributed by atoms with E-state index >= 15 is 0 Å². The summed E-state index contributed by atoms with van der Waals surface area (Å²) in [5, 5.41) is 13.7. The number of aryl methyl sites for hydroxylation is 1. The van der Waals surface area contributed by atoms with Crippen LogP contribution in [0.3, 0.4) is 0 Å². The van der Waals surface area contributed by atoms with Crippen molar-refractivity contribution in [2.75, 3.05) is 18.5 Å².